The van der Waals surface area contributed by atoms with Crippen molar-refractivity contribution in [2.24, 2.45) is 0 Å². The fourth-order valence-electron chi connectivity index (χ4n) is 1.21. The van der Waals surface area contributed by atoms with Crippen LogP contribution in [0.15, 0.2) is 17.5 Å². The molecule has 0 aliphatic carbocycles. The third-order valence-corrected chi connectivity index (χ3v) is 2.80. The molecule has 0 saturated heterocycles. The van der Waals surface area contributed by atoms with Gasteiger partial charge in [-0.05, 0) is 18.4 Å². The summed E-state index contributed by atoms with van der Waals surface area (Å²) in [5.41, 5.74) is 0. The average molecular weight is 245 g/mol. The molecule has 5 heteroatoms. The maximum Gasteiger partial charge on any atom is 0.0897 e. The molecule has 0 spiro atoms. The Bertz CT molecular complexity index is 264. The molecule has 0 amide bonds. The molecule has 0 bridgehead atoms. The van der Waals surface area contributed by atoms with Gasteiger partial charge in [-0.25, -0.2) is 0 Å². The summed E-state index contributed by atoms with van der Waals surface area (Å²) in [6.45, 7) is 3.49. The van der Waals surface area contributed by atoms with Gasteiger partial charge >= 0.3 is 0 Å². The molecule has 0 radical (unpaired) electrons. The summed E-state index contributed by atoms with van der Waals surface area (Å²) >= 11 is 1.64. The zero-order valence-electron chi connectivity index (χ0n) is 9.43. The fraction of sp³-hybridized carbons (Fsp3) is 0.636. The first kappa shape index (κ1) is 13.6. The predicted molar refractivity (Wildman–Crippen MR) is 64.5 cm³/mol. The zero-order valence-corrected chi connectivity index (χ0v) is 10.2. The van der Waals surface area contributed by atoms with Crippen molar-refractivity contribution < 1.29 is 14.9 Å². The molecule has 0 aliphatic rings. The highest BCUT2D eigenvalue weighted by Gasteiger charge is 2.05. The molecule has 2 atom stereocenters. The van der Waals surface area contributed by atoms with Crippen LogP contribution in [0, 0.1) is 0 Å². The Kier molecular flexibility index (Phi) is 6.59. The number of rotatable bonds is 8. The zero-order chi connectivity index (χ0) is 11.8. The van der Waals surface area contributed by atoms with Crippen LogP contribution in [-0.4, -0.2) is 42.1 Å². The van der Waals surface area contributed by atoms with Gasteiger partial charge in [0.1, 0.15) is 0 Å². The molecule has 1 aromatic heterocycles. The third kappa shape index (κ3) is 6.19. The Morgan fingerprint density at radius 3 is 2.88 bits per heavy atom. The predicted octanol–water partition coefficient (Wildman–Crippen LogP) is 0.596. The highest BCUT2D eigenvalue weighted by Crippen LogP contribution is 2.09. The minimum atomic E-state index is -0.529. The van der Waals surface area contributed by atoms with E-state index < -0.39 is 6.10 Å². The van der Waals surface area contributed by atoms with Crippen LogP contribution in [0.2, 0.25) is 0 Å². The van der Waals surface area contributed by atoms with E-state index in [0.29, 0.717) is 26.3 Å². The largest absolute Gasteiger partial charge is 0.392 e. The van der Waals surface area contributed by atoms with E-state index in [-0.39, 0.29) is 6.10 Å². The van der Waals surface area contributed by atoms with Crippen molar-refractivity contribution in [3.8, 4) is 0 Å². The van der Waals surface area contributed by atoms with Crippen molar-refractivity contribution >= 4 is 11.3 Å². The molecule has 4 nitrogen and oxygen atoms in total. The Balaban J connectivity index is 2.00. The summed E-state index contributed by atoms with van der Waals surface area (Å²) in [6, 6.07) is 3.98. The van der Waals surface area contributed by atoms with Gasteiger partial charge in [0.2, 0.25) is 0 Å². The van der Waals surface area contributed by atoms with Gasteiger partial charge in [0, 0.05) is 18.0 Å². The van der Waals surface area contributed by atoms with E-state index in [1.165, 1.54) is 0 Å². The van der Waals surface area contributed by atoms with Crippen LogP contribution in [0.4, 0.5) is 0 Å². The average Bonchev–Trinajstić information content (AvgIpc) is 2.70. The van der Waals surface area contributed by atoms with Crippen LogP contribution in [0.1, 0.15) is 11.8 Å². The van der Waals surface area contributed by atoms with Gasteiger partial charge in [0.25, 0.3) is 0 Å². The first-order valence-corrected chi connectivity index (χ1v) is 6.23. The van der Waals surface area contributed by atoms with Gasteiger partial charge in [-0.2, -0.15) is 0 Å². The second-order valence-corrected chi connectivity index (χ2v) is 4.79. The van der Waals surface area contributed by atoms with Gasteiger partial charge in [-0.1, -0.05) is 6.07 Å². The molecule has 16 heavy (non-hydrogen) atoms. The van der Waals surface area contributed by atoms with Crippen LogP contribution in [0.25, 0.3) is 0 Å². The van der Waals surface area contributed by atoms with Gasteiger partial charge < -0.3 is 20.3 Å². The number of hydrogen-bond donors (Lipinski definition) is 3. The lowest BCUT2D eigenvalue weighted by atomic mass is 10.3. The van der Waals surface area contributed by atoms with E-state index in [9.17, 15) is 5.11 Å². The second-order valence-electron chi connectivity index (χ2n) is 3.76. The number of aliphatic hydroxyl groups is 2. The van der Waals surface area contributed by atoms with Crippen molar-refractivity contribution in [3.63, 3.8) is 0 Å². The summed E-state index contributed by atoms with van der Waals surface area (Å²) in [4.78, 5) is 1.16. The standard InChI is InChI=1S/C11H19NO3S/c1-9(13)5-12-6-10(14)7-15-8-11-3-2-4-16-11/h2-4,9-10,12-14H,5-8H2,1H3. The summed E-state index contributed by atoms with van der Waals surface area (Å²) in [5, 5.41) is 23.5. The third-order valence-electron chi connectivity index (χ3n) is 1.95. The summed E-state index contributed by atoms with van der Waals surface area (Å²) in [5.74, 6) is 0. The number of ether oxygens (including phenoxy) is 1. The van der Waals surface area contributed by atoms with E-state index >= 15 is 0 Å². The summed E-state index contributed by atoms with van der Waals surface area (Å²) in [6.07, 6.45) is -0.919. The Morgan fingerprint density at radius 1 is 1.44 bits per heavy atom. The van der Waals surface area contributed by atoms with Gasteiger partial charge in [0.05, 0.1) is 25.4 Å². The molecule has 0 fully saturated rings. The number of thiophene rings is 1. The van der Waals surface area contributed by atoms with E-state index in [0.717, 1.165) is 4.88 Å². The van der Waals surface area contributed by atoms with Gasteiger partial charge in [-0.15, -0.1) is 11.3 Å². The van der Waals surface area contributed by atoms with Crippen molar-refractivity contribution in [2.45, 2.75) is 25.7 Å². The lowest BCUT2D eigenvalue weighted by Gasteiger charge is -2.12. The molecular weight excluding hydrogens is 226 g/mol. The van der Waals surface area contributed by atoms with Crippen LogP contribution in [0.5, 0.6) is 0 Å². The fourth-order valence-corrected chi connectivity index (χ4v) is 1.85. The van der Waals surface area contributed by atoms with Crippen LogP contribution in [0.3, 0.4) is 0 Å². The number of nitrogens with one attached hydrogen (secondary N) is 1. The van der Waals surface area contributed by atoms with Crippen molar-refractivity contribution in [3.05, 3.63) is 22.4 Å². The quantitative estimate of drug-likeness (QED) is 0.627. The highest BCUT2D eigenvalue weighted by atomic mass is 32.1. The smallest absolute Gasteiger partial charge is 0.0897 e. The number of hydrogen-bond acceptors (Lipinski definition) is 5. The van der Waals surface area contributed by atoms with Crippen molar-refractivity contribution in [1.82, 2.24) is 5.32 Å². The molecule has 0 aromatic carbocycles. The molecule has 92 valence electrons. The molecule has 2 unspecified atom stereocenters. The van der Waals surface area contributed by atoms with Crippen LogP contribution in [-0.2, 0) is 11.3 Å². The Morgan fingerprint density at radius 2 is 2.25 bits per heavy atom. The Labute approximate surface area is 99.9 Å². The molecule has 3 N–H and O–H groups in total. The van der Waals surface area contributed by atoms with Crippen LogP contribution < -0.4 is 5.32 Å². The SMILES string of the molecule is CC(O)CNCC(O)COCc1cccs1. The second kappa shape index (κ2) is 7.76. The molecule has 1 aromatic rings. The number of aliphatic hydroxyl groups excluding tert-OH is 2. The molecular formula is C11H19NO3S. The monoisotopic (exact) mass is 245 g/mol. The molecule has 0 saturated carbocycles. The lowest BCUT2D eigenvalue weighted by molar-refractivity contribution is 0.0286. The normalized spacial score (nSPS) is 14.9. The summed E-state index contributed by atoms with van der Waals surface area (Å²) in [7, 11) is 0. The van der Waals surface area contributed by atoms with E-state index in [4.69, 9.17) is 9.84 Å². The lowest BCUT2D eigenvalue weighted by Crippen LogP contribution is -2.34. The van der Waals surface area contributed by atoms with Gasteiger partial charge in [0.15, 0.2) is 0 Å². The van der Waals surface area contributed by atoms with Crippen molar-refractivity contribution in [2.75, 3.05) is 19.7 Å². The maximum absolute atomic E-state index is 9.52. The Hall–Kier alpha value is -0.460. The minimum Gasteiger partial charge on any atom is -0.392 e. The van der Waals surface area contributed by atoms with E-state index in [1.807, 2.05) is 17.5 Å². The maximum atomic E-state index is 9.52. The van der Waals surface area contributed by atoms with E-state index in [1.54, 1.807) is 18.3 Å². The van der Waals surface area contributed by atoms with E-state index in [2.05, 4.69) is 5.32 Å². The first-order valence-electron chi connectivity index (χ1n) is 5.35. The molecule has 0 aliphatic heterocycles. The first-order chi connectivity index (χ1) is 7.68. The molecule has 1 heterocycles. The highest BCUT2D eigenvalue weighted by molar-refractivity contribution is 7.09. The van der Waals surface area contributed by atoms with Gasteiger partial charge in [-0.3, -0.25) is 0 Å². The van der Waals surface area contributed by atoms with Crippen molar-refractivity contribution in [1.29, 1.82) is 0 Å². The topological polar surface area (TPSA) is 61.7 Å². The molecule has 1 rings (SSSR count). The minimum absolute atomic E-state index is 0.310. The summed E-state index contributed by atoms with van der Waals surface area (Å²) < 4.78 is 5.36. The van der Waals surface area contributed by atoms with Crippen LogP contribution >= 0.6 is 11.3 Å².